The summed E-state index contributed by atoms with van der Waals surface area (Å²) in [5, 5.41) is 9.39. The summed E-state index contributed by atoms with van der Waals surface area (Å²) in [6.07, 6.45) is 0.829. The third-order valence-corrected chi connectivity index (χ3v) is 5.59. The van der Waals surface area contributed by atoms with Crippen molar-refractivity contribution in [2.45, 2.75) is 31.8 Å². The van der Waals surface area contributed by atoms with Gasteiger partial charge >= 0.3 is 0 Å². The van der Waals surface area contributed by atoms with E-state index in [1.165, 1.54) is 11.6 Å². The van der Waals surface area contributed by atoms with Gasteiger partial charge in [-0.3, -0.25) is 9.69 Å². The van der Waals surface area contributed by atoms with E-state index in [0.29, 0.717) is 18.0 Å². The molecule has 2 fully saturated rings. The van der Waals surface area contributed by atoms with Gasteiger partial charge in [-0.15, -0.1) is 0 Å². The molecule has 4 nitrogen and oxygen atoms in total. The van der Waals surface area contributed by atoms with Crippen LogP contribution < -0.4 is 0 Å². The van der Waals surface area contributed by atoms with Crippen molar-refractivity contribution in [2.24, 2.45) is 0 Å². The molecule has 0 unspecified atom stereocenters. The zero-order valence-corrected chi connectivity index (χ0v) is 14.9. The third-order valence-electron chi connectivity index (χ3n) is 5.59. The number of carbonyl (C=O) groups excluding carboxylic acids is 1. The lowest BCUT2D eigenvalue weighted by Gasteiger charge is -2.42. The highest BCUT2D eigenvalue weighted by molar-refractivity contribution is 5.84. The van der Waals surface area contributed by atoms with E-state index in [2.05, 4.69) is 4.90 Å². The first-order valence-corrected chi connectivity index (χ1v) is 9.08. The Kier molecular flexibility index (Phi) is 4.41. The normalized spacial score (nSPS) is 21.2. The van der Waals surface area contributed by atoms with Crippen LogP contribution in [0.1, 0.15) is 29.0 Å². The molecule has 1 atom stereocenters. The number of nitrogens with zero attached hydrogens (tertiary/aromatic N) is 2. The van der Waals surface area contributed by atoms with Crippen molar-refractivity contribution in [3.05, 3.63) is 65.0 Å². The fourth-order valence-corrected chi connectivity index (χ4v) is 3.90. The largest absolute Gasteiger partial charge is 0.508 e. The number of hydrogen-bond donors (Lipinski definition) is 1. The van der Waals surface area contributed by atoms with Gasteiger partial charge in [-0.2, -0.15) is 0 Å². The molecule has 136 valence electrons. The van der Waals surface area contributed by atoms with Crippen molar-refractivity contribution in [3.63, 3.8) is 0 Å². The van der Waals surface area contributed by atoms with E-state index in [-0.39, 0.29) is 23.5 Å². The maximum absolute atomic E-state index is 13.7. The van der Waals surface area contributed by atoms with Gasteiger partial charge in [0, 0.05) is 32.1 Å². The summed E-state index contributed by atoms with van der Waals surface area (Å²) in [5.41, 5.74) is 2.67. The molecule has 0 aromatic heterocycles. The van der Waals surface area contributed by atoms with Crippen molar-refractivity contribution in [1.29, 1.82) is 0 Å². The van der Waals surface area contributed by atoms with Crippen molar-refractivity contribution in [1.82, 2.24) is 9.80 Å². The number of amides is 1. The van der Waals surface area contributed by atoms with Gasteiger partial charge in [0.05, 0.1) is 6.04 Å². The Hall–Kier alpha value is -2.40. The van der Waals surface area contributed by atoms with Crippen LogP contribution in [0.3, 0.4) is 0 Å². The molecule has 2 aromatic rings. The Morgan fingerprint density at radius 1 is 1.15 bits per heavy atom. The van der Waals surface area contributed by atoms with Crippen molar-refractivity contribution < 1.29 is 14.3 Å². The van der Waals surface area contributed by atoms with Crippen molar-refractivity contribution in [3.8, 4) is 5.75 Å². The first kappa shape index (κ1) is 17.0. The summed E-state index contributed by atoms with van der Waals surface area (Å²) in [6.45, 7) is 4.67. The molecule has 1 N–H and O–H groups in total. The Bertz CT molecular complexity index is 815. The number of benzene rings is 2. The van der Waals surface area contributed by atoms with Gasteiger partial charge in [0.15, 0.2) is 0 Å². The van der Waals surface area contributed by atoms with Crippen LogP contribution in [-0.4, -0.2) is 46.5 Å². The van der Waals surface area contributed by atoms with E-state index in [1.807, 2.05) is 23.1 Å². The highest BCUT2D eigenvalue weighted by atomic mass is 19.1. The van der Waals surface area contributed by atoms with E-state index < -0.39 is 0 Å². The van der Waals surface area contributed by atoms with Crippen LogP contribution in [0.5, 0.6) is 5.75 Å². The van der Waals surface area contributed by atoms with Gasteiger partial charge in [0.2, 0.25) is 5.91 Å². The van der Waals surface area contributed by atoms with E-state index in [4.69, 9.17) is 0 Å². The van der Waals surface area contributed by atoms with Gasteiger partial charge in [0.1, 0.15) is 11.6 Å². The lowest BCUT2D eigenvalue weighted by Crippen LogP contribution is -2.53. The van der Waals surface area contributed by atoms with Gasteiger partial charge < -0.3 is 10.0 Å². The Balaban J connectivity index is 1.34. The zero-order valence-electron chi connectivity index (χ0n) is 14.9. The second kappa shape index (κ2) is 6.72. The standard InChI is InChI=1S/C21H23FN2O2/c1-14-2-3-15(10-19(14)22)11-23-9-8-20(21(23)26)24-12-17(13-24)16-4-6-18(25)7-5-16/h2-7,10,17,20,25H,8-9,11-13H2,1H3/t20-/m1/s1. The van der Waals surface area contributed by atoms with Crippen LogP contribution in [0.2, 0.25) is 0 Å². The summed E-state index contributed by atoms with van der Waals surface area (Å²) in [4.78, 5) is 16.8. The molecule has 0 radical (unpaired) electrons. The molecule has 2 aliphatic rings. The van der Waals surface area contributed by atoms with Crippen LogP contribution in [0, 0.1) is 12.7 Å². The molecule has 0 saturated carbocycles. The molecule has 26 heavy (non-hydrogen) atoms. The maximum atomic E-state index is 13.7. The average Bonchev–Trinajstić information content (AvgIpc) is 2.92. The summed E-state index contributed by atoms with van der Waals surface area (Å²) in [6, 6.07) is 12.4. The minimum absolute atomic E-state index is 0.0568. The molecule has 2 aromatic carbocycles. The minimum Gasteiger partial charge on any atom is -0.508 e. The Morgan fingerprint density at radius 3 is 2.58 bits per heavy atom. The molecule has 0 bridgehead atoms. The Morgan fingerprint density at radius 2 is 1.88 bits per heavy atom. The maximum Gasteiger partial charge on any atom is 0.240 e. The molecule has 2 saturated heterocycles. The van der Waals surface area contributed by atoms with Crippen molar-refractivity contribution in [2.75, 3.05) is 19.6 Å². The van der Waals surface area contributed by atoms with Crippen LogP contribution in [-0.2, 0) is 11.3 Å². The quantitative estimate of drug-likeness (QED) is 0.918. The van der Waals surface area contributed by atoms with Crippen LogP contribution in [0.15, 0.2) is 42.5 Å². The van der Waals surface area contributed by atoms with Gasteiger partial charge in [0.25, 0.3) is 0 Å². The zero-order chi connectivity index (χ0) is 18.3. The van der Waals surface area contributed by atoms with E-state index in [0.717, 1.165) is 31.6 Å². The minimum atomic E-state index is -0.217. The monoisotopic (exact) mass is 354 g/mol. The summed E-state index contributed by atoms with van der Waals surface area (Å²) < 4.78 is 13.7. The SMILES string of the molecule is Cc1ccc(CN2CC[C@@H](N3CC(c4ccc(O)cc4)C3)C2=O)cc1F. The number of hydrogen-bond acceptors (Lipinski definition) is 3. The molecule has 2 aliphatic heterocycles. The molecular formula is C21H23FN2O2. The number of aryl methyl sites for hydroxylation is 1. The topological polar surface area (TPSA) is 43.8 Å². The summed E-state index contributed by atoms with van der Waals surface area (Å²) >= 11 is 0. The number of phenolic OH excluding ortho intramolecular Hbond substituents is 1. The highest BCUT2D eigenvalue weighted by Gasteiger charge is 2.41. The molecule has 2 heterocycles. The average molecular weight is 354 g/mol. The lowest BCUT2D eigenvalue weighted by atomic mass is 9.89. The molecular weight excluding hydrogens is 331 g/mol. The van der Waals surface area contributed by atoms with Crippen LogP contribution >= 0.6 is 0 Å². The summed E-state index contributed by atoms with van der Waals surface area (Å²) in [7, 11) is 0. The number of likely N-dealkylation sites (tertiary alicyclic amines) is 2. The first-order chi connectivity index (χ1) is 12.5. The predicted molar refractivity (Wildman–Crippen MR) is 97.4 cm³/mol. The van der Waals surface area contributed by atoms with Crippen LogP contribution in [0.4, 0.5) is 4.39 Å². The first-order valence-electron chi connectivity index (χ1n) is 9.08. The van der Waals surface area contributed by atoms with Crippen LogP contribution in [0.25, 0.3) is 0 Å². The molecule has 5 heteroatoms. The lowest BCUT2D eigenvalue weighted by molar-refractivity contribution is -0.134. The van der Waals surface area contributed by atoms with E-state index in [1.54, 1.807) is 25.1 Å². The van der Waals surface area contributed by atoms with Gasteiger partial charge in [-0.1, -0.05) is 24.3 Å². The fourth-order valence-electron chi connectivity index (χ4n) is 3.90. The molecule has 0 spiro atoms. The van der Waals surface area contributed by atoms with E-state index >= 15 is 0 Å². The molecule has 0 aliphatic carbocycles. The second-order valence-corrected chi connectivity index (χ2v) is 7.39. The number of rotatable bonds is 4. The summed E-state index contributed by atoms with van der Waals surface area (Å²) in [5.74, 6) is 0.628. The predicted octanol–water partition coefficient (Wildman–Crippen LogP) is 3.04. The van der Waals surface area contributed by atoms with Gasteiger partial charge in [-0.05, 0) is 48.2 Å². The second-order valence-electron chi connectivity index (χ2n) is 7.39. The van der Waals surface area contributed by atoms with Crippen molar-refractivity contribution >= 4 is 5.91 Å². The number of phenols is 1. The third kappa shape index (κ3) is 3.19. The smallest absolute Gasteiger partial charge is 0.240 e. The number of carbonyl (C=O) groups is 1. The number of halogens is 1. The van der Waals surface area contributed by atoms with E-state index in [9.17, 15) is 14.3 Å². The number of aromatic hydroxyl groups is 1. The Labute approximate surface area is 152 Å². The molecule has 4 rings (SSSR count). The highest BCUT2D eigenvalue weighted by Crippen LogP contribution is 2.33. The molecule has 1 amide bonds. The van der Waals surface area contributed by atoms with Gasteiger partial charge in [-0.25, -0.2) is 4.39 Å². The fraction of sp³-hybridized carbons (Fsp3) is 0.381.